The first kappa shape index (κ1) is 33.1. The standard InChI is InChI=1S/C35H46O11/c1-18-12-22-13-23(32(41)42)14-24(27(22)29(38)26(18)19(2)37)45-33-30(39)31(40)35(43,25(15-36)46-33)11-8-20-6-5-7-21-16-44-17-34(28(20)21)9-3-4-10-34/h12-14,20-21,25,28,30-31,33,36,38-40,43H,3-11,15-17H2,1-2H3,(H,41,42)/t20-,21-,25+,28+,30+,31+,33-,35+/m0/s1. The molecule has 46 heavy (non-hydrogen) atoms. The Bertz CT molecular complexity index is 1480. The summed E-state index contributed by atoms with van der Waals surface area (Å²) in [5, 5.41) is 66.0. The van der Waals surface area contributed by atoms with Crippen molar-refractivity contribution in [1.29, 1.82) is 0 Å². The molecule has 0 aromatic heterocycles. The molecule has 0 radical (unpaired) electrons. The highest BCUT2D eigenvalue weighted by Crippen LogP contribution is 2.57. The van der Waals surface area contributed by atoms with Crippen molar-refractivity contribution in [1.82, 2.24) is 0 Å². The molecule has 6 N–H and O–H groups in total. The molecule has 6 rings (SSSR count). The van der Waals surface area contributed by atoms with E-state index in [2.05, 4.69) is 0 Å². The van der Waals surface area contributed by atoms with E-state index in [-0.39, 0.29) is 39.5 Å². The Morgan fingerprint density at radius 1 is 1.09 bits per heavy atom. The molecule has 2 heterocycles. The SMILES string of the molecule is CC(=O)c1c(C)cc2cc(C(=O)O)cc(O[C@H]3O[C@H](CO)[C@](O)(CC[C@@H]4CCC[C@H]5COCC6(CCCC6)[C@H]45)[C@H](O)[C@H]3O)c2c1O. The highest BCUT2D eigenvalue weighted by molar-refractivity contribution is 6.08. The van der Waals surface area contributed by atoms with Crippen molar-refractivity contribution in [2.45, 2.75) is 102 Å². The van der Waals surface area contributed by atoms with Crippen LogP contribution in [0.4, 0.5) is 0 Å². The number of fused-ring (bicyclic) bond motifs is 3. The van der Waals surface area contributed by atoms with Crippen molar-refractivity contribution in [2.75, 3.05) is 19.8 Å². The Hall–Kier alpha value is -2.80. The summed E-state index contributed by atoms with van der Waals surface area (Å²) in [6.07, 6.45) is 1.98. The second-order valence-electron chi connectivity index (χ2n) is 14.2. The summed E-state index contributed by atoms with van der Waals surface area (Å²) in [5.41, 5.74) is -1.56. The van der Waals surface area contributed by atoms with Gasteiger partial charge in [0, 0.05) is 6.61 Å². The van der Waals surface area contributed by atoms with Crippen LogP contribution in [-0.2, 0) is 9.47 Å². The zero-order chi connectivity index (χ0) is 33.0. The molecule has 2 aliphatic carbocycles. The van der Waals surface area contributed by atoms with E-state index >= 15 is 0 Å². The molecule has 11 nitrogen and oxygen atoms in total. The molecule has 2 aliphatic heterocycles. The monoisotopic (exact) mass is 642 g/mol. The number of aryl methyl sites for hydroxylation is 1. The van der Waals surface area contributed by atoms with E-state index in [0.29, 0.717) is 29.7 Å². The zero-order valence-electron chi connectivity index (χ0n) is 26.5. The number of carbonyl (C=O) groups excluding carboxylic acids is 1. The summed E-state index contributed by atoms with van der Waals surface area (Å²) in [5.74, 6) is -1.09. The number of benzene rings is 2. The van der Waals surface area contributed by atoms with Gasteiger partial charge in [0.05, 0.1) is 29.7 Å². The van der Waals surface area contributed by atoms with Gasteiger partial charge in [-0.25, -0.2) is 4.79 Å². The van der Waals surface area contributed by atoms with Crippen LogP contribution in [0.2, 0.25) is 0 Å². The van der Waals surface area contributed by atoms with Gasteiger partial charge >= 0.3 is 5.97 Å². The molecular weight excluding hydrogens is 596 g/mol. The first-order valence-corrected chi connectivity index (χ1v) is 16.5. The molecule has 11 heteroatoms. The van der Waals surface area contributed by atoms with Crippen LogP contribution in [0.25, 0.3) is 10.8 Å². The van der Waals surface area contributed by atoms with Gasteiger partial charge in [-0.15, -0.1) is 0 Å². The van der Waals surface area contributed by atoms with Gasteiger partial charge in [0.2, 0.25) is 6.29 Å². The third-order valence-electron chi connectivity index (χ3n) is 11.5. The number of hydrogen-bond donors (Lipinski definition) is 6. The largest absolute Gasteiger partial charge is 0.506 e. The quantitative estimate of drug-likeness (QED) is 0.231. The average molecular weight is 643 g/mol. The van der Waals surface area contributed by atoms with Crippen LogP contribution in [0, 0.1) is 30.1 Å². The number of aliphatic hydroxyl groups is 4. The predicted molar refractivity (Wildman–Crippen MR) is 166 cm³/mol. The molecule has 4 fully saturated rings. The number of aromatic hydroxyl groups is 1. The predicted octanol–water partition coefficient (Wildman–Crippen LogP) is 3.71. The zero-order valence-corrected chi connectivity index (χ0v) is 26.5. The fourth-order valence-corrected chi connectivity index (χ4v) is 9.39. The molecule has 0 unspecified atom stereocenters. The van der Waals surface area contributed by atoms with E-state index in [1.165, 1.54) is 25.8 Å². The molecule has 2 aromatic carbocycles. The molecular formula is C35H46O11. The Kier molecular flexibility index (Phi) is 9.12. The summed E-state index contributed by atoms with van der Waals surface area (Å²) in [6, 6.07) is 4.01. The first-order chi connectivity index (χ1) is 21.9. The molecule has 0 amide bonds. The maximum absolute atomic E-state index is 12.3. The summed E-state index contributed by atoms with van der Waals surface area (Å²) in [4.78, 5) is 24.3. The molecule has 2 saturated carbocycles. The van der Waals surface area contributed by atoms with Crippen molar-refractivity contribution in [2.24, 2.45) is 23.2 Å². The van der Waals surface area contributed by atoms with Gasteiger partial charge in [-0.1, -0.05) is 31.7 Å². The molecule has 252 valence electrons. The van der Waals surface area contributed by atoms with E-state index < -0.39 is 54.3 Å². The first-order valence-electron chi connectivity index (χ1n) is 16.5. The van der Waals surface area contributed by atoms with Gasteiger partial charge in [-0.3, -0.25) is 4.79 Å². The van der Waals surface area contributed by atoms with E-state index in [1.54, 1.807) is 13.0 Å². The van der Waals surface area contributed by atoms with E-state index in [1.807, 2.05) is 0 Å². The van der Waals surface area contributed by atoms with Crippen LogP contribution in [0.3, 0.4) is 0 Å². The van der Waals surface area contributed by atoms with Crippen LogP contribution in [0.5, 0.6) is 11.5 Å². The number of Topliss-reactive ketones (excluding diaryl/α,β-unsaturated/α-hetero) is 1. The lowest BCUT2D eigenvalue weighted by atomic mass is 9.56. The van der Waals surface area contributed by atoms with Crippen molar-refractivity contribution in [3.8, 4) is 11.5 Å². The second-order valence-corrected chi connectivity index (χ2v) is 14.2. The Balaban J connectivity index is 1.26. The summed E-state index contributed by atoms with van der Waals surface area (Å²) < 4.78 is 18.0. The minimum Gasteiger partial charge on any atom is -0.506 e. The Morgan fingerprint density at radius 3 is 2.50 bits per heavy atom. The minimum absolute atomic E-state index is 0.0247. The molecule has 2 aromatic rings. The van der Waals surface area contributed by atoms with Gasteiger partial charge < -0.3 is 44.8 Å². The van der Waals surface area contributed by atoms with Crippen molar-refractivity contribution >= 4 is 22.5 Å². The van der Waals surface area contributed by atoms with Gasteiger partial charge in [0.25, 0.3) is 0 Å². The number of ether oxygens (including phenoxy) is 3. The van der Waals surface area contributed by atoms with Crippen LogP contribution in [-0.4, -0.2) is 92.4 Å². The normalized spacial score (nSPS) is 34.0. The number of aliphatic hydroxyl groups excluding tert-OH is 3. The van der Waals surface area contributed by atoms with Crippen LogP contribution in [0.1, 0.15) is 91.0 Å². The summed E-state index contributed by atoms with van der Waals surface area (Å²) >= 11 is 0. The van der Waals surface area contributed by atoms with Crippen molar-refractivity contribution < 1.29 is 54.4 Å². The highest BCUT2D eigenvalue weighted by Gasteiger charge is 2.57. The number of rotatable bonds is 8. The lowest BCUT2D eigenvalue weighted by molar-refractivity contribution is -0.315. The van der Waals surface area contributed by atoms with Crippen LogP contribution >= 0.6 is 0 Å². The van der Waals surface area contributed by atoms with Crippen molar-refractivity contribution in [3.05, 3.63) is 34.9 Å². The average Bonchev–Trinajstić information content (AvgIpc) is 3.48. The number of hydrogen-bond acceptors (Lipinski definition) is 10. The Labute approximate surface area is 268 Å². The van der Waals surface area contributed by atoms with Gasteiger partial charge in [0.15, 0.2) is 5.78 Å². The number of carboxylic acid groups (broad SMARTS) is 1. The highest BCUT2D eigenvalue weighted by atomic mass is 16.7. The van der Waals surface area contributed by atoms with E-state index in [4.69, 9.17) is 14.2 Å². The van der Waals surface area contributed by atoms with Crippen LogP contribution < -0.4 is 4.74 Å². The van der Waals surface area contributed by atoms with Gasteiger partial charge in [-0.05, 0) is 92.2 Å². The van der Waals surface area contributed by atoms with Crippen LogP contribution in [0.15, 0.2) is 18.2 Å². The summed E-state index contributed by atoms with van der Waals surface area (Å²) in [6.45, 7) is 3.74. The maximum Gasteiger partial charge on any atom is 0.335 e. The lowest BCUT2D eigenvalue weighted by Gasteiger charge is -2.53. The fourth-order valence-electron chi connectivity index (χ4n) is 9.39. The topological polar surface area (TPSA) is 183 Å². The number of phenols is 1. The number of carbonyl (C=O) groups is 2. The maximum atomic E-state index is 12.3. The molecule has 1 spiro atoms. The fraction of sp³-hybridized carbons (Fsp3) is 0.657. The number of aromatic carboxylic acids is 1. The van der Waals surface area contributed by atoms with E-state index in [9.17, 15) is 40.2 Å². The van der Waals surface area contributed by atoms with Crippen molar-refractivity contribution in [3.63, 3.8) is 0 Å². The third kappa shape index (κ3) is 5.58. The third-order valence-corrected chi connectivity index (χ3v) is 11.5. The number of ketones is 1. The minimum atomic E-state index is -1.99. The molecule has 0 bridgehead atoms. The number of phenolic OH excluding ortho intramolecular Hbond substituents is 1. The second kappa shape index (κ2) is 12.7. The smallest absolute Gasteiger partial charge is 0.335 e. The Morgan fingerprint density at radius 2 is 1.83 bits per heavy atom. The lowest BCUT2D eigenvalue weighted by Crippen LogP contribution is -2.68. The molecule has 4 aliphatic rings. The molecule has 8 atom stereocenters. The van der Waals surface area contributed by atoms with E-state index in [0.717, 1.165) is 51.4 Å². The molecule has 2 saturated heterocycles. The van der Waals surface area contributed by atoms with Gasteiger partial charge in [-0.2, -0.15) is 0 Å². The summed E-state index contributed by atoms with van der Waals surface area (Å²) in [7, 11) is 0. The van der Waals surface area contributed by atoms with Gasteiger partial charge in [0.1, 0.15) is 35.4 Å². The number of carboxylic acids is 1.